The molecule has 5 rings (SSSR count). The number of hydrogen-bond acceptors (Lipinski definition) is 1. The summed E-state index contributed by atoms with van der Waals surface area (Å²) in [7, 11) is 0. The molecule has 5 aromatic carbocycles. The van der Waals surface area contributed by atoms with Crippen LogP contribution in [0.15, 0.2) is 138 Å². The van der Waals surface area contributed by atoms with E-state index in [0.29, 0.717) is 0 Å². The molecule has 0 heterocycles. The average Bonchev–Trinajstić information content (AvgIpc) is 2.87. The number of hydrogen-bond donors (Lipinski definition) is 0. The Morgan fingerprint density at radius 2 is 0.688 bits per heavy atom. The molecule has 0 atom stereocenters. The van der Waals surface area contributed by atoms with Crippen LogP contribution in [0.4, 0.5) is 17.1 Å². The quantitative estimate of drug-likeness (QED) is 0.244. The van der Waals surface area contributed by atoms with E-state index in [1.807, 2.05) is 12.1 Å². The van der Waals surface area contributed by atoms with Crippen molar-refractivity contribution in [2.75, 3.05) is 4.90 Å². The van der Waals surface area contributed by atoms with Crippen molar-refractivity contribution in [3.63, 3.8) is 0 Å². The van der Waals surface area contributed by atoms with E-state index in [9.17, 15) is 0 Å². The normalized spacial score (nSPS) is 10.7. The van der Waals surface area contributed by atoms with Crippen LogP contribution in [0.1, 0.15) is 0 Å². The van der Waals surface area contributed by atoms with Gasteiger partial charge in [0.05, 0.1) is 0 Å². The molecule has 0 radical (unpaired) electrons. The number of anilines is 3. The first kappa shape index (κ1) is 20.3. The largest absolute Gasteiger partial charge is 0.311 e. The number of para-hydroxylation sites is 1. The Hall–Kier alpha value is -3.62. The summed E-state index contributed by atoms with van der Waals surface area (Å²) in [5.74, 6) is 0. The summed E-state index contributed by atoms with van der Waals surface area (Å²) >= 11 is 3.54. The van der Waals surface area contributed by atoms with Crippen LogP contribution in [0.5, 0.6) is 0 Å². The van der Waals surface area contributed by atoms with Crippen molar-refractivity contribution in [1.29, 1.82) is 0 Å². The molecule has 32 heavy (non-hydrogen) atoms. The van der Waals surface area contributed by atoms with E-state index in [1.165, 1.54) is 22.3 Å². The van der Waals surface area contributed by atoms with Crippen molar-refractivity contribution < 1.29 is 0 Å². The third-order valence-electron chi connectivity index (χ3n) is 5.55. The second-order valence-electron chi connectivity index (χ2n) is 7.64. The molecule has 0 aliphatic heterocycles. The van der Waals surface area contributed by atoms with E-state index in [4.69, 9.17) is 0 Å². The molecule has 0 unspecified atom stereocenters. The fourth-order valence-electron chi connectivity index (χ4n) is 3.90. The fourth-order valence-corrected chi connectivity index (χ4v) is 4.17. The molecule has 0 saturated heterocycles. The molecule has 0 aliphatic rings. The Bertz CT molecular complexity index is 1280. The van der Waals surface area contributed by atoms with Gasteiger partial charge in [-0.3, -0.25) is 0 Å². The summed E-state index contributed by atoms with van der Waals surface area (Å²) in [5.41, 5.74) is 8.28. The fraction of sp³-hybridized carbons (Fsp3) is 0. The van der Waals surface area contributed by atoms with Gasteiger partial charge in [-0.15, -0.1) is 0 Å². The van der Waals surface area contributed by atoms with E-state index in [0.717, 1.165) is 21.5 Å². The Morgan fingerprint density at radius 3 is 1.19 bits per heavy atom. The van der Waals surface area contributed by atoms with Crippen LogP contribution in [0.2, 0.25) is 0 Å². The summed E-state index contributed by atoms with van der Waals surface area (Å²) in [5, 5.41) is 0. The highest BCUT2D eigenvalue weighted by Gasteiger charge is 2.12. The monoisotopic (exact) mass is 475 g/mol. The zero-order valence-corrected chi connectivity index (χ0v) is 19.1. The Kier molecular flexibility index (Phi) is 5.87. The zero-order chi connectivity index (χ0) is 21.8. The predicted octanol–water partition coefficient (Wildman–Crippen LogP) is 9.25. The average molecular weight is 476 g/mol. The lowest BCUT2D eigenvalue weighted by Crippen LogP contribution is -2.09. The maximum atomic E-state index is 3.54. The Labute approximate surface area is 197 Å². The molecule has 0 N–H and O–H groups in total. The van der Waals surface area contributed by atoms with E-state index >= 15 is 0 Å². The van der Waals surface area contributed by atoms with Gasteiger partial charge in [0.1, 0.15) is 0 Å². The van der Waals surface area contributed by atoms with Gasteiger partial charge in [-0.2, -0.15) is 0 Å². The summed E-state index contributed by atoms with van der Waals surface area (Å²) in [6.07, 6.45) is 0. The lowest BCUT2D eigenvalue weighted by atomic mass is 10.00. The van der Waals surface area contributed by atoms with Crippen molar-refractivity contribution in [2.24, 2.45) is 0 Å². The van der Waals surface area contributed by atoms with Gasteiger partial charge in [-0.1, -0.05) is 101 Å². The lowest BCUT2D eigenvalue weighted by Gasteiger charge is -2.25. The smallest absolute Gasteiger partial charge is 0.0462 e. The van der Waals surface area contributed by atoms with Crippen LogP contribution in [0.25, 0.3) is 22.3 Å². The summed E-state index contributed by atoms with van der Waals surface area (Å²) in [6, 6.07) is 46.9. The number of rotatable bonds is 5. The first-order chi connectivity index (χ1) is 15.8. The van der Waals surface area contributed by atoms with Gasteiger partial charge in [0.25, 0.3) is 0 Å². The van der Waals surface area contributed by atoms with Crippen LogP contribution in [-0.4, -0.2) is 0 Å². The van der Waals surface area contributed by atoms with E-state index < -0.39 is 0 Å². The van der Waals surface area contributed by atoms with E-state index in [1.54, 1.807) is 0 Å². The van der Waals surface area contributed by atoms with Crippen LogP contribution in [-0.2, 0) is 0 Å². The molecule has 0 bridgehead atoms. The van der Waals surface area contributed by atoms with Gasteiger partial charge >= 0.3 is 0 Å². The van der Waals surface area contributed by atoms with Gasteiger partial charge < -0.3 is 4.90 Å². The molecule has 0 amide bonds. The Balaban J connectivity index is 1.46. The Morgan fingerprint density at radius 1 is 0.344 bits per heavy atom. The molecule has 2 heteroatoms. The number of halogens is 1. The first-order valence-electron chi connectivity index (χ1n) is 10.6. The molecular weight excluding hydrogens is 454 g/mol. The van der Waals surface area contributed by atoms with Crippen molar-refractivity contribution in [2.45, 2.75) is 0 Å². The minimum atomic E-state index is 1.07. The van der Waals surface area contributed by atoms with Gasteiger partial charge in [0.2, 0.25) is 0 Å². The van der Waals surface area contributed by atoms with Crippen LogP contribution in [0.3, 0.4) is 0 Å². The highest BCUT2D eigenvalue weighted by molar-refractivity contribution is 9.10. The van der Waals surface area contributed by atoms with Gasteiger partial charge in [0.15, 0.2) is 0 Å². The highest BCUT2D eigenvalue weighted by Crippen LogP contribution is 2.36. The maximum absolute atomic E-state index is 3.54. The summed E-state index contributed by atoms with van der Waals surface area (Å²) < 4.78 is 1.07. The molecule has 0 saturated carbocycles. The highest BCUT2D eigenvalue weighted by atomic mass is 79.9. The molecule has 0 spiro atoms. The number of benzene rings is 5. The molecule has 0 aromatic heterocycles. The van der Waals surface area contributed by atoms with Gasteiger partial charge in [0, 0.05) is 21.5 Å². The van der Waals surface area contributed by atoms with Crippen molar-refractivity contribution in [3.8, 4) is 22.3 Å². The van der Waals surface area contributed by atoms with Crippen molar-refractivity contribution in [1.82, 2.24) is 0 Å². The number of nitrogens with zero attached hydrogens (tertiary/aromatic N) is 1. The minimum Gasteiger partial charge on any atom is -0.311 e. The standard InChI is InChI=1S/C30H22BrN/c31-27-17-21-30(22-18-27)32(28-9-5-2-6-10-28)29-19-15-26(16-20-29)25-13-11-24(12-14-25)23-7-3-1-4-8-23/h1-22H. The predicted molar refractivity (Wildman–Crippen MR) is 140 cm³/mol. The first-order valence-corrected chi connectivity index (χ1v) is 11.4. The van der Waals surface area contributed by atoms with E-state index in [2.05, 4.69) is 142 Å². The topological polar surface area (TPSA) is 3.24 Å². The third kappa shape index (κ3) is 4.37. The second kappa shape index (κ2) is 9.25. The van der Waals surface area contributed by atoms with Gasteiger partial charge in [-0.05, 0) is 70.8 Å². The maximum Gasteiger partial charge on any atom is 0.0462 e. The zero-order valence-electron chi connectivity index (χ0n) is 17.5. The summed E-state index contributed by atoms with van der Waals surface area (Å²) in [6.45, 7) is 0. The van der Waals surface area contributed by atoms with Crippen LogP contribution >= 0.6 is 15.9 Å². The minimum absolute atomic E-state index is 1.07. The van der Waals surface area contributed by atoms with Gasteiger partial charge in [-0.25, -0.2) is 0 Å². The molecule has 0 aliphatic carbocycles. The molecule has 5 aromatic rings. The van der Waals surface area contributed by atoms with Crippen LogP contribution in [0, 0.1) is 0 Å². The van der Waals surface area contributed by atoms with Crippen molar-refractivity contribution in [3.05, 3.63) is 138 Å². The molecular formula is C30H22BrN. The lowest BCUT2D eigenvalue weighted by molar-refractivity contribution is 1.28. The SMILES string of the molecule is Brc1ccc(N(c2ccccc2)c2ccc(-c3ccc(-c4ccccc4)cc3)cc2)cc1. The molecule has 1 nitrogen and oxygen atoms in total. The second-order valence-corrected chi connectivity index (χ2v) is 8.55. The van der Waals surface area contributed by atoms with Crippen LogP contribution < -0.4 is 4.90 Å². The third-order valence-corrected chi connectivity index (χ3v) is 6.08. The van der Waals surface area contributed by atoms with E-state index in [-0.39, 0.29) is 0 Å². The van der Waals surface area contributed by atoms with Crippen molar-refractivity contribution >= 4 is 33.0 Å². The molecule has 154 valence electrons. The molecule has 0 fully saturated rings. The summed E-state index contributed by atoms with van der Waals surface area (Å²) in [4.78, 5) is 2.27.